The average molecular weight is 222 g/mol. The Balaban J connectivity index is 1.66. The molecule has 0 unspecified atom stereocenters. The number of rotatable bonds is 4. The van der Waals surface area contributed by atoms with Gasteiger partial charge in [-0.25, -0.2) is 0 Å². The van der Waals surface area contributed by atoms with Gasteiger partial charge in [-0.3, -0.25) is 4.98 Å². The fourth-order valence-electron chi connectivity index (χ4n) is 1.86. The Hall–Kier alpha value is -0.540. The van der Waals surface area contributed by atoms with E-state index in [1.165, 1.54) is 37.1 Å². The van der Waals surface area contributed by atoms with Crippen LogP contribution in [-0.4, -0.2) is 23.3 Å². The van der Waals surface area contributed by atoms with E-state index in [4.69, 9.17) is 0 Å². The summed E-state index contributed by atoms with van der Waals surface area (Å²) in [5, 5.41) is 3.57. The fourth-order valence-corrected chi connectivity index (χ4v) is 2.98. The highest BCUT2D eigenvalue weighted by molar-refractivity contribution is 7.98. The molecule has 0 saturated carbocycles. The van der Waals surface area contributed by atoms with Crippen LogP contribution in [0.25, 0.3) is 0 Å². The molecular formula is C12H18N2S. The van der Waals surface area contributed by atoms with Crippen LogP contribution in [0.5, 0.6) is 0 Å². The second-order valence-corrected chi connectivity index (χ2v) is 5.05. The first-order valence-corrected chi connectivity index (χ1v) is 6.80. The van der Waals surface area contributed by atoms with Gasteiger partial charge < -0.3 is 5.32 Å². The van der Waals surface area contributed by atoms with Crippen LogP contribution in [0.1, 0.15) is 24.8 Å². The second-order valence-electron chi connectivity index (χ2n) is 4.02. The van der Waals surface area contributed by atoms with Gasteiger partial charge in [0.1, 0.15) is 0 Å². The Morgan fingerprint density at radius 1 is 1.33 bits per heavy atom. The standard InChI is InChI=1S/C12H18N2S/c1-2-6-14-12(3-1)10-15-9-11-4-7-13-8-5-11/h4-5,7-8,12,14H,1-3,6,9-10H2/t12-/m1/s1. The molecule has 2 nitrogen and oxygen atoms in total. The number of hydrogen-bond donors (Lipinski definition) is 1. The molecule has 0 radical (unpaired) electrons. The number of nitrogens with one attached hydrogen (secondary N) is 1. The average Bonchev–Trinajstić information content (AvgIpc) is 2.32. The minimum absolute atomic E-state index is 0.741. The van der Waals surface area contributed by atoms with Gasteiger partial charge in [-0.05, 0) is 37.1 Å². The molecule has 1 aromatic heterocycles. The van der Waals surface area contributed by atoms with Crippen molar-refractivity contribution in [2.45, 2.75) is 31.1 Å². The van der Waals surface area contributed by atoms with E-state index in [2.05, 4.69) is 22.4 Å². The largest absolute Gasteiger partial charge is 0.313 e. The van der Waals surface area contributed by atoms with Gasteiger partial charge in [-0.1, -0.05) is 6.42 Å². The maximum atomic E-state index is 4.02. The lowest BCUT2D eigenvalue weighted by Crippen LogP contribution is -2.35. The van der Waals surface area contributed by atoms with Crippen molar-refractivity contribution in [3.8, 4) is 0 Å². The molecule has 0 aliphatic carbocycles. The van der Waals surface area contributed by atoms with Gasteiger partial charge in [0.05, 0.1) is 0 Å². The molecule has 2 rings (SSSR count). The van der Waals surface area contributed by atoms with Crippen LogP contribution in [-0.2, 0) is 5.75 Å². The normalized spacial score (nSPS) is 21.5. The van der Waals surface area contributed by atoms with Gasteiger partial charge >= 0.3 is 0 Å². The van der Waals surface area contributed by atoms with Crippen molar-refractivity contribution in [1.29, 1.82) is 0 Å². The molecule has 1 aliphatic heterocycles. The Labute approximate surface area is 95.9 Å². The summed E-state index contributed by atoms with van der Waals surface area (Å²) in [4.78, 5) is 4.02. The molecule has 1 aliphatic rings. The minimum Gasteiger partial charge on any atom is -0.313 e. The van der Waals surface area contributed by atoms with Crippen molar-refractivity contribution in [3.05, 3.63) is 30.1 Å². The lowest BCUT2D eigenvalue weighted by atomic mass is 10.1. The summed E-state index contributed by atoms with van der Waals surface area (Å²) in [6.45, 7) is 1.21. The summed E-state index contributed by atoms with van der Waals surface area (Å²) in [6.07, 6.45) is 7.84. The molecule has 1 fully saturated rings. The molecule has 1 N–H and O–H groups in total. The number of piperidine rings is 1. The van der Waals surface area contributed by atoms with Crippen molar-refractivity contribution in [2.24, 2.45) is 0 Å². The summed E-state index contributed by atoms with van der Waals surface area (Å²) < 4.78 is 0. The van der Waals surface area contributed by atoms with Crippen molar-refractivity contribution in [1.82, 2.24) is 10.3 Å². The van der Waals surface area contributed by atoms with Crippen LogP contribution in [0.3, 0.4) is 0 Å². The molecule has 1 saturated heterocycles. The molecule has 2 heterocycles. The number of aromatic nitrogens is 1. The lowest BCUT2D eigenvalue weighted by Gasteiger charge is -2.22. The first kappa shape index (κ1) is 11.0. The third-order valence-electron chi connectivity index (χ3n) is 2.75. The molecule has 0 amide bonds. The Kier molecular flexibility index (Phi) is 4.48. The predicted molar refractivity (Wildman–Crippen MR) is 66.0 cm³/mol. The zero-order chi connectivity index (χ0) is 10.3. The molecule has 0 bridgehead atoms. The zero-order valence-corrected chi connectivity index (χ0v) is 9.80. The molecule has 82 valence electrons. The van der Waals surface area contributed by atoms with Crippen LogP contribution < -0.4 is 5.32 Å². The van der Waals surface area contributed by atoms with Gasteiger partial charge in [-0.2, -0.15) is 11.8 Å². The Morgan fingerprint density at radius 3 is 2.93 bits per heavy atom. The van der Waals surface area contributed by atoms with E-state index in [9.17, 15) is 0 Å². The highest BCUT2D eigenvalue weighted by atomic mass is 32.2. The summed E-state index contributed by atoms with van der Waals surface area (Å²) in [7, 11) is 0. The van der Waals surface area contributed by atoms with Gasteiger partial charge in [0.15, 0.2) is 0 Å². The van der Waals surface area contributed by atoms with Gasteiger partial charge in [0.25, 0.3) is 0 Å². The van der Waals surface area contributed by atoms with E-state index < -0.39 is 0 Å². The quantitative estimate of drug-likeness (QED) is 0.847. The van der Waals surface area contributed by atoms with Crippen LogP contribution in [0.4, 0.5) is 0 Å². The molecule has 0 aromatic carbocycles. The molecule has 1 aromatic rings. The molecule has 1 atom stereocenters. The van der Waals surface area contributed by atoms with Gasteiger partial charge in [0.2, 0.25) is 0 Å². The Bertz CT molecular complexity index is 270. The first-order chi connectivity index (χ1) is 7.45. The van der Waals surface area contributed by atoms with Crippen LogP contribution in [0, 0.1) is 0 Å². The predicted octanol–water partition coefficient (Wildman–Crippen LogP) is 2.46. The monoisotopic (exact) mass is 222 g/mol. The fraction of sp³-hybridized carbons (Fsp3) is 0.583. The van der Waals surface area contributed by atoms with Crippen molar-refractivity contribution in [3.63, 3.8) is 0 Å². The number of thioether (sulfide) groups is 1. The summed E-state index contributed by atoms with van der Waals surface area (Å²) in [5.74, 6) is 2.35. The van der Waals surface area contributed by atoms with Crippen molar-refractivity contribution < 1.29 is 0 Å². The van der Waals surface area contributed by atoms with E-state index >= 15 is 0 Å². The summed E-state index contributed by atoms with van der Waals surface area (Å²) >= 11 is 2.02. The van der Waals surface area contributed by atoms with Crippen LogP contribution >= 0.6 is 11.8 Å². The first-order valence-electron chi connectivity index (χ1n) is 5.65. The second kappa shape index (κ2) is 6.13. The zero-order valence-electron chi connectivity index (χ0n) is 8.98. The highest BCUT2D eigenvalue weighted by Gasteiger charge is 2.11. The van der Waals surface area contributed by atoms with E-state index in [-0.39, 0.29) is 0 Å². The van der Waals surface area contributed by atoms with Gasteiger partial charge in [0, 0.05) is 29.9 Å². The Morgan fingerprint density at radius 2 is 2.20 bits per heavy atom. The highest BCUT2D eigenvalue weighted by Crippen LogP contribution is 2.16. The van der Waals surface area contributed by atoms with Crippen LogP contribution in [0.2, 0.25) is 0 Å². The topological polar surface area (TPSA) is 24.9 Å². The SMILES string of the molecule is c1cc(CSC[C@H]2CCCCN2)ccn1. The van der Waals surface area contributed by atoms with E-state index in [1.54, 1.807) is 0 Å². The van der Waals surface area contributed by atoms with Gasteiger partial charge in [-0.15, -0.1) is 0 Å². The molecular weight excluding hydrogens is 204 g/mol. The number of pyridine rings is 1. The summed E-state index contributed by atoms with van der Waals surface area (Å²) in [5.41, 5.74) is 1.38. The van der Waals surface area contributed by atoms with E-state index in [1.807, 2.05) is 24.2 Å². The number of nitrogens with zero attached hydrogens (tertiary/aromatic N) is 1. The van der Waals surface area contributed by atoms with Crippen molar-refractivity contribution in [2.75, 3.05) is 12.3 Å². The molecule has 0 spiro atoms. The van der Waals surface area contributed by atoms with Crippen LogP contribution in [0.15, 0.2) is 24.5 Å². The molecule has 3 heteroatoms. The minimum atomic E-state index is 0.741. The molecule has 15 heavy (non-hydrogen) atoms. The third-order valence-corrected chi connectivity index (χ3v) is 3.93. The van der Waals surface area contributed by atoms with E-state index in [0.29, 0.717) is 0 Å². The lowest BCUT2D eigenvalue weighted by molar-refractivity contribution is 0.430. The summed E-state index contributed by atoms with van der Waals surface area (Å²) in [6, 6.07) is 4.94. The number of hydrogen-bond acceptors (Lipinski definition) is 3. The van der Waals surface area contributed by atoms with E-state index in [0.717, 1.165) is 11.8 Å². The third kappa shape index (κ3) is 3.84. The maximum absolute atomic E-state index is 4.02. The maximum Gasteiger partial charge on any atom is 0.0270 e. The smallest absolute Gasteiger partial charge is 0.0270 e. The van der Waals surface area contributed by atoms with Crippen molar-refractivity contribution >= 4 is 11.8 Å².